The molecule has 0 radical (unpaired) electrons. The molecule has 2 rings (SSSR count). The molecule has 1 aliphatic rings. The molecule has 0 saturated carbocycles. The molecule has 0 bridgehead atoms. The van der Waals surface area contributed by atoms with Crippen LogP contribution in [0.3, 0.4) is 0 Å². The Bertz CT molecular complexity index is 394. The fourth-order valence-corrected chi connectivity index (χ4v) is 3.24. The largest absolute Gasteiger partial charge is 0.341 e. The molecule has 0 aliphatic carbocycles. The highest BCUT2D eigenvalue weighted by Gasteiger charge is 2.26. The summed E-state index contributed by atoms with van der Waals surface area (Å²) in [7, 11) is 1.85. The number of nitrogens with one attached hydrogen (secondary N) is 1. The second-order valence-electron chi connectivity index (χ2n) is 4.26. The Balaban J connectivity index is 1.88. The van der Waals surface area contributed by atoms with Gasteiger partial charge in [0.05, 0.1) is 10.4 Å². The number of halogens is 1. The van der Waals surface area contributed by atoms with E-state index in [0.717, 1.165) is 36.7 Å². The van der Waals surface area contributed by atoms with Crippen LogP contribution >= 0.6 is 22.9 Å². The van der Waals surface area contributed by atoms with Crippen molar-refractivity contribution in [3.8, 4) is 0 Å². The summed E-state index contributed by atoms with van der Waals surface area (Å²) in [5.74, 6) is 0.237. The van der Waals surface area contributed by atoms with Crippen LogP contribution in [0.1, 0.15) is 17.7 Å². The fraction of sp³-hybridized carbons (Fsp3) is 0.583. The molecule has 1 amide bonds. The standard InChI is InChI=1S/C12H17ClN2OS/c1-14-10-3-2-7-15(12(10)16)8-6-9-4-5-11(13)17-9/h4-5,10,14H,2-3,6-8H2,1H3. The lowest BCUT2D eigenvalue weighted by Crippen LogP contribution is -2.50. The number of carbonyl (C=O) groups is 1. The van der Waals surface area contributed by atoms with Crippen molar-refractivity contribution in [3.63, 3.8) is 0 Å². The van der Waals surface area contributed by atoms with Crippen LogP contribution in [-0.2, 0) is 11.2 Å². The molecule has 1 aliphatic heterocycles. The first-order valence-electron chi connectivity index (χ1n) is 5.91. The maximum atomic E-state index is 12.0. The van der Waals surface area contributed by atoms with Gasteiger partial charge in [-0.25, -0.2) is 0 Å². The van der Waals surface area contributed by atoms with Crippen LogP contribution in [-0.4, -0.2) is 37.0 Å². The number of hydrogen-bond donors (Lipinski definition) is 1. The van der Waals surface area contributed by atoms with E-state index in [9.17, 15) is 4.79 Å². The highest BCUT2D eigenvalue weighted by molar-refractivity contribution is 7.16. The Labute approximate surface area is 111 Å². The maximum Gasteiger partial charge on any atom is 0.239 e. The van der Waals surface area contributed by atoms with Gasteiger partial charge in [0.25, 0.3) is 0 Å². The smallest absolute Gasteiger partial charge is 0.239 e. The van der Waals surface area contributed by atoms with E-state index in [2.05, 4.69) is 5.32 Å². The Kier molecular flexibility index (Phi) is 4.42. The summed E-state index contributed by atoms with van der Waals surface area (Å²) >= 11 is 7.48. The first-order valence-corrected chi connectivity index (χ1v) is 7.10. The van der Waals surface area contributed by atoms with Crippen LogP contribution in [0.2, 0.25) is 4.34 Å². The van der Waals surface area contributed by atoms with Crippen molar-refractivity contribution in [1.82, 2.24) is 10.2 Å². The van der Waals surface area contributed by atoms with Crippen LogP contribution in [0.5, 0.6) is 0 Å². The number of likely N-dealkylation sites (N-methyl/N-ethyl adjacent to an activating group) is 1. The summed E-state index contributed by atoms with van der Waals surface area (Å²) in [5.41, 5.74) is 0. The van der Waals surface area contributed by atoms with E-state index in [1.54, 1.807) is 11.3 Å². The van der Waals surface area contributed by atoms with Crippen LogP contribution < -0.4 is 5.32 Å². The summed E-state index contributed by atoms with van der Waals surface area (Å²) in [4.78, 5) is 15.2. The normalized spacial score (nSPS) is 20.9. The molecular formula is C12H17ClN2OS. The number of nitrogens with zero attached hydrogens (tertiary/aromatic N) is 1. The van der Waals surface area contributed by atoms with Gasteiger partial charge in [-0.2, -0.15) is 0 Å². The zero-order chi connectivity index (χ0) is 12.3. The molecule has 1 fully saturated rings. The molecule has 94 valence electrons. The minimum absolute atomic E-state index is 0.00988. The third-order valence-corrected chi connectivity index (χ3v) is 4.43. The molecule has 2 heterocycles. The van der Waals surface area contributed by atoms with E-state index < -0.39 is 0 Å². The van der Waals surface area contributed by atoms with Gasteiger partial charge in [0.15, 0.2) is 0 Å². The van der Waals surface area contributed by atoms with Gasteiger partial charge in [-0.05, 0) is 38.4 Å². The molecule has 1 aromatic heterocycles. The van der Waals surface area contributed by atoms with Crippen molar-refractivity contribution in [3.05, 3.63) is 21.3 Å². The quantitative estimate of drug-likeness (QED) is 0.911. The number of carbonyl (C=O) groups excluding carboxylic acids is 1. The van der Waals surface area contributed by atoms with Crippen LogP contribution in [0.4, 0.5) is 0 Å². The SMILES string of the molecule is CNC1CCCN(CCc2ccc(Cl)s2)C1=O. The highest BCUT2D eigenvalue weighted by Crippen LogP contribution is 2.22. The maximum absolute atomic E-state index is 12.0. The zero-order valence-corrected chi connectivity index (χ0v) is 11.5. The predicted octanol–water partition coefficient (Wildman–Crippen LogP) is 2.15. The topological polar surface area (TPSA) is 32.3 Å². The van der Waals surface area contributed by atoms with E-state index in [1.165, 1.54) is 4.88 Å². The van der Waals surface area contributed by atoms with Gasteiger partial charge in [-0.3, -0.25) is 4.79 Å². The second kappa shape index (κ2) is 5.85. The van der Waals surface area contributed by atoms with Gasteiger partial charge in [-0.15, -0.1) is 11.3 Å². The molecule has 1 saturated heterocycles. The van der Waals surface area contributed by atoms with Crippen LogP contribution in [0, 0.1) is 0 Å². The Morgan fingerprint density at radius 3 is 3.06 bits per heavy atom. The zero-order valence-electron chi connectivity index (χ0n) is 9.91. The van der Waals surface area contributed by atoms with Crippen molar-refractivity contribution < 1.29 is 4.79 Å². The summed E-state index contributed by atoms with van der Waals surface area (Å²) in [6.45, 7) is 1.68. The van der Waals surface area contributed by atoms with E-state index in [0.29, 0.717) is 0 Å². The lowest BCUT2D eigenvalue weighted by Gasteiger charge is -2.32. The third kappa shape index (κ3) is 3.21. The molecule has 0 spiro atoms. The number of rotatable bonds is 4. The van der Waals surface area contributed by atoms with Crippen molar-refractivity contribution in [1.29, 1.82) is 0 Å². The molecule has 17 heavy (non-hydrogen) atoms. The van der Waals surface area contributed by atoms with Crippen molar-refractivity contribution in [2.75, 3.05) is 20.1 Å². The second-order valence-corrected chi connectivity index (χ2v) is 6.06. The van der Waals surface area contributed by atoms with E-state index >= 15 is 0 Å². The Hall–Kier alpha value is -0.580. The van der Waals surface area contributed by atoms with Gasteiger partial charge in [0, 0.05) is 18.0 Å². The molecule has 0 aromatic carbocycles. The van der Waals surface area contributed by atoms with Crippen molar-refractivity contribution >= 4 is 28.8 Å². The number of thiophene rings is 1. The van der Waals surface area contributed by atoms with E-state index in [-0.39, 0.29) is 11.9 Å². The third-order valence-electron chi connectivity index (χ3n) is 3.14. The molecule has 1 N–H and O–H groups in total. The Morgan fingerprint density at radius 1 is 1.59 bits per heavy atom. The lowest BCUT2D eigenvalue weighted by atomic mass is 10.0. The van der Waals surface area contributed by atoms with E-state index in [1.807, 2.05) is 24.1 Å². The highest BCUT2D eigenvalue weighted by atomic mass is 35.5. The van der Waals surface area contributed by atoms with Crippen molar-refractivity contribution in [2.24, 2.45) is 0 Å². The van der Waals surface area contributed by atoms with Gasteiger partial charge >= 0.3 is 0 Å². The summed E-state index contributed by atoms with van der Waals surface area (Å²) in [6, 6.07) is 3.96. The summed E-state index contributed by atoms with van der Waals surface area (Å²) in [5, 5.41) is 3.08. The average molecular weight is 273 g/mol. The molecule has 1 atom stereocenters. The van der Waals surface area contributed by atoms with E-state index in [4.69, 9.17) is 11.6 Å². The predicted molar refractivity (Wildman–Crippen MR) is 71.7 cm³/mol. The minimum atomic E-state index is 0.00988. The minimum Gasteiger partial charge on any atom is -0.341 e. The Morgan fingerprint density at radius 2 is 2.41 bits per heavy atom. The van der Waals surface area contributed by atoms with Crippen molar-refractivity contribution in [2.45, 2.75) is 25.3 Å². The number of amides is 1. The van der Waals surface area contributed by atoms with Crippen LogP contribution in [0.15, 0.2) is 12.1 Å². The molecular weight excluding hydrogens is 256 g/mol. The van der Waals surface area contributed by atoms with Crippen LogP contribution in [0.25, 0.3) is 0 Å². The fourth-order valence-electron chi connectivity index (χ4n) is 2.16. The average Bonchev–Trinajstić information content (AvgIpc) is 2.74. The monoisotopic (exact) mass is 272 g/mol. The molecule has 1 unspecified atom stereocenters. The van der Waals surface area contributed by atoms with Gasteiger partial charge in [0.1, 0.15) is 0 Å². The molecule has 5 heteroatoms. The van der Waals surface area contributed by atoms with Gasteiger partial charge < -0.3 is 10.2 Å². The number of hydrogen-bond acceptors (Lipinski definition) is 3. The number of likely N-dealkylation sites (tertiary alicyclic amines) is 1. The first kappa shape index (κ1) is 12.9. The summed E-state index contributed by atoms with van der Waals surface area (Å²) < 4.78 is 0.818. The first-order chi connectivity index (χ1) is 8.20. The lowest BCUT2D eigenvalue weighted by molar-refractivity contribution is -0.135. The van der Waals surface area contributed by atoms with Gasteiger partial charge in [0.2, 0.25) is 5.91 Å². The van der Waals surface area contributed by atoms with Gasteiger partial charge in [-0.1, -0.05) is 11.6 Å². The molecule has 3 nitrogen and oxygen atoms in total. The summed E-state index contributed by atoms with van der Waals surface area (Å²) in [6.07, 6.45) is 2.94. The number of piperidine rings is 1. The molecule has 1 aromatic rings.